The summed E-state index contributed by atoms with van der Waals surface area (Å²) in [6, 6.07) is 15.2. The van der Waals surface area contributed by atoms with Crippen LogP contribution in [0, 0.1) is 5.82 Å². The van der Waals surface area contributed by atoms with E-state index >= 15 is 0 Å². The Kier molecular flexibility index (Phi) is 7.21. The minimum Gasteiger partial charge on any atom is -0.496 e. The molecule has 0 atom stereocenters. The number of ether oxygens (including phenoxy) is 3. The predicted molar refractivity (Wildman–Crippen MR) is 149 cm³/mol. The van der Waals surface area contributed by atoms with E-state index in [2.05, 4.69) is 37.3 Å². The Morgan fingerprint density at radius 3 is 2.51 bits per heavy atom. The van der Waals surface area contributed by atoms with Gasteiger partial charge in [-0.3, -0.25) is 4.90 Å². The van der Waals surface area contributed by atoms with E-state index < -0.39 is 0 Å². The van der Waals surface area contributed by atoms with Gasteiger partial charge >= 0.3 is 0 Å². The molecule has 6 rings (SSSR count). The summed E-state index contributed by atoms with van der Waals surface area (Å²) < 4.78 is 33.1. The number of morpholine rings is 1. The molecule has 204 valence electrons. The summed E-state index contributed by atoms with van der Waals surface area (Å²) in [6.45, 7) is 5.76. The number of hydrogen-bond acceptors (Lipinski definition) is 8. The molecule has 0 amide bonds. The maximum atomic E-state index is 14.8. The molecule has 2 aromatic carbocycles. The summed E-state index contributed by atoms with van der Waals surface area (Å²) >= 11 is 0. The Morgan fingerprint density at radius 1 is 0.949 bits per heavy atom. The monoisotopic (exact) mass is 532 g/mol. The van der Waals surface area contributed by atoms with Crippen LogP contribution in [0.4, 0.5) is 21.7 Å². The number of piperidine rings is 1. The van der Waals surface area contributed by atoms with Crippen LogP contribution in [-0.4, -0.2) is 79.2 Å². The molecule has 0 saturated carbocycles. The number of anilines is 3. The maximum absolute atomic E-state index is 14.8. The number of nitrogens with zero attached hydrogens (tertiary/aromatic N) is 5. The molecule has 2 aliphatic rings. The summed E-state index contributed by atoms with van der Waals surface area (Å²) in [4.78, 5) is 9.46. The Hall–Kier alpha value is -3.89. The van der Waals surface area contributed by atoms with Gasteiger partial charge in [-0.25, -0.2) is 13.9 Å². The molecule has 4 aromatic rings. The largest absolute Gasteiger partial charge is 0.496 e. The van der Waals surface area contributed by atoms with E-state index in [1.165, 1.54) is 13.2 Å². The Labute approximate surface area is 227 Å². The van der Waals surface area contributed by atoms with Crippen LogP contribution in [0.5, 0.6) is 11.5 Å². The zero-order valence-corrected chi connectivity index (χ0v) is 22.3. The highest BCUT2D eigenvalue weighted by molar-refractivity contribution is 5.73. The molecule has 2 aliphatic heterocycles. The van der Waals surface area contributed by atoms with Gasteiger partial charge in [-0.2, -0.15) is 0 Å². The van der Waals surface area contributed by atoms with Crippen molar-refractivity contribution in [2.45, 2.75) is 18.9 Å². The average molecular weight is 533 g/mol. The number of fused-ring (bicyclic) bond motifs is 1. The molecule has 2 fully saturated rings. The number of aromatic nitrogens is 3. The molecule has 0 radical (unpaired) electrons. The highest BCUT2D eigenvalue weighted by atomic mass is 19.1. The van der Waals surface area contributed by atoms with Crippen LogP contribution in [-0.2, 0) is 4.74 Å². The van der Waals surface area contributed by atoms with Crippen LogP contribution in [0.3, 0.4) is 0 Å². The van der Waals surface area contributed by atoms with Gasteiger partial charge in [0.25, 0.3) is 0 Å². The van der Waals surface area contributed by atoms with Crippen molar-refractivity contribution in [1.82, 2.24) is 19.5 Å². The normalized spacial score (nSPS) is 16.9. The van der Waals surface area contributed by atoms with Crippen molar-refractivity contribution in [2.24, 2.45) is 0 Å². The molecule has 0 bridgehead atoms. The number of nitrogens with one attached hydrogen (secondary N) is 1. The molecule has 9 nitrogen and oxygen atoms in total. The number of halogens is 1. The SMILES string of the molecule is COc1cc(N2CCC(N3CCOCC3)CC2)ccc1Nc1ncc2ccc(-c3c(F)cccc3OC)n2n1. The fourth-order valence-electron chi connectivity index (χ4n) is 5.60. The second-order valence-electron chi connectivity index (χ2n) is 9.83. The fourth-order valence-corrected chi connectivity index (χ4v) is 5.60. The molecule has 2 saturated heterocycles. The first-order valence-electron chi connectivity index (χ1n) is 13.3. The number of hydrogen-bond donors (Lipinski definition) is 1. The summed E-state index contributed by atoms with van der Waals surface area (Å²) in [6.07, 6.45) is 3.98. The van der Waals surface area contributed by atoms with Gasteiger partial charge in [0.15, 0.2) is 0 Å². The summed E-state index contributed by atoms with van der Waals surface area (Å²) in [5, 5.41) is 7.93. The first kappa shape index (κ1) is 25.4. The van der Waals surface area contributed by atoms with E-state index in [1.807, 2.05) is 18.2 Å². The van der Waals surface area contributed by atoms with E-state index in [-0.39, 0.29) is 5.82 Å². The molecule has 0 spiro atoms. The van der Waals surface area contributed by atoms with Crippen LogP contribution < -0.4 is 19.7 Å². The Balaban J connectivity index is 1.21. The van der Waals surface area contributed by atoms with E-state index in [1.54, 1.807) is 30.0 Å². The van der Waals surface area contributed by atoms with Crippen molar-refractivity contribution in [3.63, 3.8) is 0 Å². The molecular formula is C29H33FN6O3. The minimum atomic E-state index is -0.381. The topological polar surface area (TPSA) is 76.4 Å². The Bertz CT molecular complexity index is 1450. The van der Waals surface area contributed by atoms with Gasteiger partial charge in [0.1, 0.15) is 17.3 Å². The zero-order chi connectivity index (χ0) is 26.8. The molecule has 0 aliphatic carbocycles. The second kappa shape index (κ2) is 11.1. The lowest BCUT2D eigenvalue weighted by Crippen LogP contribution is -2.49. The van der Waals surface area contributed by atoms with Crippen molar-refractivity contribution in [2.75, 3.05) is 63.8 Å². The number of benzene rings is 2. The van der Waals surface area contributed by atoms with E-state index in [4.69, 9.17) is 14.2 Å². The van der Waals surface area contributed by atoms with E-state index in [0.717, 1.165) is 69.1 Å². The van der Waals surface area contributed by atoms with Crippen LogP contribution >= 0.6 is 0 Å². The lowest BCUT2D eigenvalue weighted by atomic mass is 10.0. The Morgan fingerprint density at radius 2 is 1.74 bits per heavy atom. The van der Waals surface area contributed by atoms with Crippen molar-refractivity contribution in [1.29, 1.82) is 0 Å². The van der Waals surface area contributed by atoms with Crippen molar-refractivity contribution >= 4 is 22.8 Å². The van der Waals surface area contributed by atoms with Gasteiger partial charge in [-0.15, -0.1) is 5.10 Å². The summed E-state index contributed by atoms with van der Waals surface area (Å²) in [5.74, 6) is 1.13. The number of rotatable bonds is 7. The van der Waals surface area contributed by atoms with Crippen molar-refractivity contribution < 1.29 is 18.6 Å². The summed E-state index contributed by atoms with van der Waals surface area (Å²) in [7, 11) is 3.19. The predicted octanol–water partition coefficient (Wildman–Crippen LogP) is 4.60. The fraction of sp³-hybridized carbons (Fsp3) is 0.379. The lowest BCUT2D eigenvalue weighted by molar-refractivity contribution is 0.0115. The summed E-state index contributed by atoms with van der Waals surface area (Å²) in [5.41, 5.74) is 3.55. The highest BCUT2D eigenvalue weighted by Crippen LogP contribution is 2.35. The van der Waals surface area contributed by atoms with Crippen molar-refractivity contribution in [3.8, 4) is 22.8 Å². The van der Waals surface area contributed by atoms with E-state index in [0.29, 0.717) is 34.7 Å². The smallest absolute Gasteiger partial charge is 0.245 e. The standard InChI is InChI=1S/C29H33FN6O3/c1-37-26-5-3-4-23(30)28(26)25-9-7-22-19-31-29(33-36(22)25)32-24-8-6-21(18-27(24)38-2)34-12-10-20(11-13-34)35-14-16-39-17-15-35/h3-9,18-20H,10-17H2,1-2H3,(H,32,33). The van der Waals surface area contributed by atoms with Crippen LogP contribution in [0.2, 0.25) is 0 Å². The van der Waals surface area contributed by atoms with Gasteiger partial charge in [0, 0.05) is 44.0 Å². The molecule has 39 heavy (non-hydrogen) atoms. The molecule has 10 heteroatoms. The highest BCUT2D eigenvalue weighted by Gasteiger charge is 2.26. The zero-order valence-electron chi connectivity index (χ0n) is 22.3. The molecular weight excluding hydrogens is 499 g/mol. The van der Waals surface area contributed by atoms with Gasteiger partial charge in [0.2, 0.25) is 5.95 Å². The van der Waals surface area contributed by atoms with Crippen LogP contribution in [0.15, 0.2) is 54.7 Å². The van der Waals surface area contributed by atoms with Gasteiger partial charge in [0.05, 0.1) is 56.1 Å². The first-order chi connectivity index (χ1) is 19.1. The van der Waals surface area contributed by atoms with E-state index in [9.17, 15) is 4.39 Å². The number of methoxy groups -OCH3 is 2. The molecule has 0 unspecified atom stereocenters. The van der Waals surface area contributed by atoms with Crippen LogP contribution in [0.1, 0.15) is 12.8 Å². The molecule has 2 aromatic heterocycles. The van der Waals surface area contributed by atoms with Crippen LogP contribution in [0.25, 0.3) is 16.8 Å². The third-order valence-corrected chi connectivity index (χ3v) is 7.67. The molecule has 1 N–H and O–H groups in total. The third kappa shape index (κ3) is 5.09. The lowest BCUT2D eigenvalue weighted by Gasteiger charge is -2.40. The van der Waals surface area contributed by atoms with Gasteiger partial charge in [-0.05, 0) is 49.2 Å². The quantitative estimate of drug-likeness (QED) is 0.370. The van der Waals surface area contributed by atoms with Gasteiger partial charge in [-0.1, -0.05) is 6.07 Å². The minimum absolute atomic E-state index is 0.351. The third-order valence-electron chi connectivity index (χ3n) is 7.67. The van der Waals surface area contributed by atoms with Gasteiger partial charge < -0.3 is 24.4 Å². The second-order valence-corrected chi connectivity index (χ2v) is 9.83. The molecule has 4 heterocycles. The first-order valence-corrected chi connectivity index (χ1v) is 13.3. The average Bonchev–Trinajstić information content (AvgIpc) is 3.40. The van der Waals surface area contributed by atoms with Crippen molar-refractivity contribution in [3.05, 3.63) is 60.5 Å². The maximum Gasteiger partial charge on any atom is 0.245 e.